The van der Waals surface area contributed by atoms with Gasteiger partial charge in [-0.25, -0.2) is 4.79 Å². The lowest BCUT2D eigenvalue weighted by molar-refractivity contribution is 0.0526. The molecule has 31 heavy (non-hydrogen) atoms. The second kappa shape index (κ2) is 9.34. The smallest absolute Gasteiger partial charge is 0.338 e. The highest BCUT2D eigenvalue weighted by Crippen LogP contribution is 2.36. The summed E-state index contributed by atoms with van der Waals surface area (Å²) in [4.78, 5) is 24.8. The van der Waals surface area contributed by atoms with Gasteiger partial charge in [0.2, 0.25) is 6.79 Å². The molecule has 1 N–H and O–H groups in total. The van der Waals surface area contributed by atoms with Gasteiger partial charge < -0.3 is 19.5 Å². The normalized spacial score (nSPS) is 12.8. The highest BCUT2D eigenvalue weighted by molar-refractivity contribution is 5.96. The molecule has 0 aliphatic carbocycles. The molecule has 3 aromatic carbocycles. The summed E-state index contributed by atoms with van der Waals surface area (Å²) in [6, 6.07) is 21.6. The highest BCUT2D eigenvalue weighted by Gasteiger charge is 2.21. The number of Topliss-reactive ketones (excluding diaryl/α,β-unsaturated/α-hetero) is 1. The fourth-order valence-electron chi connectivity index (χ4n) is 3.43. The molecular formula is C25H23NO5. The molecule has 0 amide bonds. The maximum atomic E-state index is 12.9. The number of ether oxygens (including phenoxy) is 3. The van der Waals surface area contributed by atoms with E-state index in [9.17, 15) is 9.59 Å². The molecule has 0 radical (unpaired) electrons. The Labute approximate surface area is 180 Å². The highest BCUT2D eigenvalue weighted by atomic mass is 16.7. The Hall–Kier alpha value is -3.80. The van der Waals surface area contributed by atoms with E-state index in [0.29, 0.717) is 29.2 Å². The molecule has 1 unspecified atom stereocenters. The molecule has 1 aliphatic rings. The van der Waals surface area contributed by atoms with E-state index in [2.05, 4.69) is 5.32 Å². The molecule has 6 nitrogen and oxygen atoms in total. The molecule has 0 saturated heterocycles. The van der Waals surface area contributed by atoms with Gasteiger partial charge in [-0.3, -0.25) is 4.79 Å². The topological polar surface area (TPSA) is 73.9 Å². The van der Waals surface area contributed by atoms with Crippen molar-refractivity contribution in [2.45, 2.75) is 19.4 Å². The van der Waals surface area contributed by atoms with Crippen LogP contribution in [0.5, 0.6) is 11.5 Å². The summed E-state index contributed by atoms with van der Waals surface area (Å²) in [7, 11) is 0. The molecule has 0 bridgehead atoms. The summed E-state index contributed by atoms with van der Waals surface area (Å²) in [5.41, 5.74) is 2.83. The number of fused-ring (bicyclic) bond motifs is 1. The fraction of sp³-hybridized carbons (Fsp3) is 0.200. The van der Waals surface area contributed by atoms with Crippen LogP contribution in [-0.4, -0.2) is 25.2 Å². The van der Waals surface area contributed by atoms with Crippen molar-refractivity contribution in [2.75, 3.05) is 18.7 Å². The van der Waals surface area contributed by atoms with Gasteiger partial charge in [-0.2, -0.15) is 0 Å². The van der Waals surface area contributed by atoms with Gasteiger partial charge in [0, 0.05) is 17.7 Å². The standard InChI is InChI=1S/C25H23NO5/c1-2-29-25(28)18-8-11-20(12-9-18)26-21(15-22(27)17-6-4-3-5-7-17)19-10-13-23-24(14-19)31-16-30-23/h3-14,21,26H,2,15-16H2,1H3. The van der Waals surface area contributed by atoms with Crippen molar-refractivity contribution in [3.05, 3.63) is 89.5 Å². The van der Waals surface area contributed by atoms with Gasteiger partial charge in [0.25, 0.3) is 0 Å². The number of anilines is 1. The Morgan fingerprint density at radius 3 is 2.42 bits per heavy atom. The minimum absolute atomic E-state index is 0.0268. The molecule has 1 atom stereocenters. The van der Waals surface area contributed by atoms with Crippen LogP contribution in [0.2, 0.25) is 0 Å². The van der Waals surface area contributed by atoms with Crippen LogP contribution in [0.3, 0.4) is 0 Å². The van der Waals surface area contributed by atoms with Crippen LogP contribution >= 0.6 is 0 Å². The molecule has 158 valence electrons. The second-order valence-electron chi connectivity index (χ2n) is 7.10. The Morgan fingerprint density at radius 1 is 0.935 bits per heavy atom. The van der Waals surface area contributed by atoms with Crippen LogP contribution in [0.1, 0.15) is 45.7 Å². The number of hydrogen-bond donors (Lipinski definition) is 1. The molecule has 6 heteroatoms. The molecular weight excluding hydrogens is 394 g/mol. The van der Waals surface area contributed by atoms with Crippen molar-refractivity contribution >= 4 is 17.4 Å². The summed E-state index contributed by atoms with van der Waals surface area (Å²) < 4.78 is 15.9. The predicted molar refractivity (Wildman–Crippen MR) is 117 cm³/mol. The predicted octanol–water partition coefficient (Wildman–Crippen LogP) is 5.02. The number of ketones is 1. The van der Waals surface area contributed by atoms with Gasteiger partial charge in [-0.15, -0.1) is 0 Å². The van der Waals surface area contributed by atoms with Gasteiger partial charge in [-0.05, 0) is 48.9 Å². The van der Waals surface area contributed by atoms with E-state index >= 15 is 0 Å². The van der Waals surface area contributed by atoms with E-state index in [1.807, 2.05) is 48.5 Å². The zero-order chi connectivity index (χ0) is 21.6. The number of benzene rings is 3. The summed E-state index contributed by atoms with van der Waals surface area (Å²) in [6.07, 6.45) is 0.253. The lowest BCUT2D eigenvalue weighted by atomic mass is 9.97. The van der Waals surface area contributed by atoms with Crippen molar-refractivity contribution in [3.63, 3.8) is 0 Å². The van der Waals surface area contributed by atoms with Crippen LogP contribution in [0.25, 0.3) is 0 Å². The van der Waals surface area contributed by atoms with Gasteiger partial charge >= 0.3 is 5.97 Å². The van der Waals surface area contributed by atoms with Crippen molar-refractivity contribution in [1.29, 1.82) is 0 Å². The number of carbonyl (C=O) groups is 2. The largest absolute Gasteiger partial charge is 0.462 e. The van der Waals surface area contributed by atoms with Crippen LogP contribution < -0.4 is 14.8 Å². The zero-order valence-electron chi connectivity index (χ0n) is 17.2. The first-order valence-electron chi connectivity index (χ1n) is 10.2. The quantitative estimate of drug-likeness (QED) is 0.410. The maximum Gasteiger partial charge on any atom is 0.338 e. The number of esters is 1. The molecule has 1 aliphatic heterocycles. The molecule has 0 spiro atoms. The summed E-state index contributed by atoms with van der Waals surface area (Å²) >= 11 is 0. The summed E-state index contributed by atoms with van der Waals surface area (Å²) in [6.45, 7) is 2.29. The summed E-state index contributed by atoms with van der Waals surface area (Å²) in [5.74, 6) is 1.02. The van der Waals surface area contributed by atoms with Crippen LogP contribution in [0.4, 0.5) is 5.69 Å². The minimum Gasteiger partial charge on any atom is -0.462 e. The first-order chi connectivity index (χ1) is 15.1. The van der Waals surface area contributed by atoms with Crippen molar-refractivity contribution in [2.24, 2.45) is 0 Å². The van der Waals surface area contributed by atoms with E-state index in [1.54, 1.807) is 31.2 Å². The van der Waals surface area contributed by atoms with E-state index in [0.717, 1.165) is 11.3 Å². The van der Waals surface area contributed by atoms with Crippen LogP contribution in [0.15, 0.2) is 72.8 Å². The first-order valence-corrected chi connectivity index (χ1v) is 10.2. The zero-order valence-corrected chi connectivity index (χ0v) is 17.2. The molecule has 0 fully saturated rings. The minimum atomic E-state index is -0.361. The van der Waals surface area contributed by atoms with Gasteiger partial charge in [0.15, 0.2) is 17.3 Å². The monoisotopic (exact) mass is 417 g/mol. The average Bonchev–Trinajstić information content (AvgIpc) is 3.28. The Bertz CT molecular complexity index is 1060. The molecule has 0 aromatic heterocycles. The van der Waals surface area contributed by atoms with E-state index in [-0.39, 0.29) is 31.0 Å². The third-order valence-electron chi connectivity index (χ3n) is 5.02. The SMILES string of the molecule is CCOC(=O)c1ccc(NC(CC(=O)c2ccccc2)c2ccc3c(c2)OCO3)cc1. The van der Waals surface area contributed by atoms with Crippen LogP contribution in [0, 0.1) is 0 Å². The maximum absolute atomic E-state index is 12.9. The van der Waals surface area contributed by atoms with E-state index < -0.39 is 0 Å². The van der Waals surface area contributed by atoms with Gasteiger partial charge in [0.1, 0.15) is 0 Å². The van der Waals surface area contributed by atoms with E-state index in [1.165, 1.54) is 0 Å². The Morgan fingerprint density at radius 2 is 1.68 bits per heavy atom. The second-order valence-corrected chi connectivity index (χ2v) is 7.10. The number of hydrogen-bond acceptors (Lipinski definition) is 6. The van der Waals surface area contributed by atoms with Crippen molar-refractivity contribution in [3.8, 4) is 11.5 Å². The third-order valence-corrected chi connectivity index (χ3v) is 5.02. The van der Waals surface area contributed by atoms with Crippen LogP contribution in [-0.2, 0) is 4.74 Å². The fourth-order valence-corrected chi connectivity index (χ4v) is 3.43. The van der Waals surface area contributed by atoms with Crippen molar-refractivity contribution in [1.82, 2.24) is 0 Å². The molecule has 3 aromatic rings. The summed E-state index contributed by atoms with van der Waals surface area (Å²) in [5, 5.41) is 3.42. The first kappa shape index (κ1) is 20.5. The molecule has 1 heterocycles. The number of nitrogens with one attached hydrogen (secondary N) is 1. The molecule has 4 rings (SSSR count). The third kappa shape index (κ3) is 4.86. The number of carbonyl (C=O) groups excluding carboxylic acids is 2. The lowest BCUT2D eigenvalue weighted by Gasteiger charge is -2.20. The number of rotatable bonds is 8. The van der Waals surface area contributed by atoms with Gasteiger partial charge in [-0.1, -0.05) is 36.4 Å². The molecule has 0 saturated carbocycles. The van der Waals surface area contributed by atoms with E-state index in [4.69, 9.17) is 14.2 Å². The Balaban J connectivity index is 1.57. The Kier molecular flexibility index (Phi) is 6.17. The lowest BCUT2D eigenvalue weighted by Crippen LogP contribution is -2.16. The van der Waals surface area contributed by atoms with Gasteiger partial charge in [0.05, 0.1) is 18.2 Å². The van der Waals surface area contributed by atoms with Crippen molar-refractivity contribution < 1.29 is 23.8 Å². The average molecular weight is 417 g/mol.